The number of thiophene rings is 1. The molecular weight excluding hydrogens is 202 g/mol. The molecule has 2 rings (SSSR count). The van der Waals surface area contributed by atoms with Crippen molar-refractivity contribution in [2.45, 2.75) is 19.9 Å². The van der Waals surface area contributed by atoms with Crippen LogP contribution in [0.5, 0.6) is 0 Å². The minimum atomic E-state index is 0.651. The van der Waals surface area contributed by atoms with E-state index in [1.54, 1.807) is 11.3 Å². The van der Waals surface area contributed by atoms with Crippen LogP contribution < -0.4 is 5.73 Å². The summed E-state index contributed by atoms with van der Waals surface area (Å²) in [6, 6.07) is 10.7. The Morgan fingerprint density at radius 1 is 1.27 bits per heavy atom. The van der Waals surface area contributed by atoms with Crippen molar-refractivity contribution >= 4 is 11.3 Å². The van der Waals surface area contributed by atoms with Crippen molar-refractivity contribution in [2.75, 3.05) is 0 Å². The molecular formula is C13H15NS. The Kier molecular flexibility index (Phi) is 3.19. The minimum absolute atomic E-state index is 0.651. The summed E-state index contributed by atoms with van der Waals surface area (Å²) in [5.74, 6) is 0. The van der Waals surface area contributed by atoms with Crippen LogP contribution in [0, 0.1) is 6.92 Å². The summed E-state index contributed by atoms with van der Waals surface area (Å²) in [7, 11) is 0. The van der Waals surface area contributed by atoms with Gasteiger partial charge in [-0.2, -0.15) is 0 Å². The molecule has 0 amide bonds. The van der Waals surface area contributed by atoms with Crippen molar-refractivity contribution in [3.63, 3.8) is 0 Å². The molecule has 0 fully saturated rings. The lowest BCUT2D eigenvalue weighted by Crippen LogP contribution is -1.92. The molecule has 1 nitrogen and oxygen atoms in total. The smallest absolute Gasteiger partial charge is 0.0273 e. The first-order valence-electron chi connectivity index (χ1n) is 5.10. The molecule has 1 heterocycles. The molecule has 0 radical (unpaired) electrons. The summed E-state index contributed by atoms with van der Waals surface area (Å²) in [5, 5.41) is 2.20. The summed E-state index contributed by atoms with van der Waals surface area (Å²) >= 11 is 1.75. The molecule has 1 aromatic heterocycles. The van der Waals surface area contributed by atoms with Crippen LogP contribution in [0.3, 0.4) is 0 Å². The Morgan fingerprint density at radius 3 is 2.73 bits per heavy atom. The fraction of sp³-hybridized carbons (Fsp3) is 0.231. The Bertz CT molecular complexity index is 445. The van der Waals surface area contributed by atoms with Gasteiger partial charge in [-0.05, 0) is 41.5 Å². The van der Waals surface area contributed by atoms with Crippen molar-refractivity contribution in [2.24, 2.45) is 5.73 Å². The predicted molar refractivity (Wildman–Crippen MR) is 66.2 cm³/mol. The SMILES string of the molecule is Cc1ccccc1Cc1csc(CN)c1. The topological polar surface area (TPSA) is 26.0 Å². The van der Waals surface area contributed by atoms with E-state index in [0.717, 1.165) is 6.42 Å². The van der Waals surface area contributed by atoms with E-state index in [2.05, 4.69) is 42.6 Å². The van der Waals surface area contributed by atoms with Gasteiger partial charge in [-0.3, -0.25) is 0 Å². The summed E-state index contributed by atoms with van der Waals surface area (Å²) in [5.41, 5.74) is 9.73. The second-order valence-electron chi connectivity index (χ2n) is 3.73. The number of nitrogens with two attached hydrogens (primary N) is 1. The van der Waals surface area contributed by atoms with E-state index >= 15 is 0 Å². The third kappa shape index (κ3) is 2.46. The van der Waals surface area contributed by atoms with Crippen LogP contribution in [0.4, 0.5) is 0 Å². The fourth-order valence-electron chi connectivity index (χ4n) is 1.65. The first-order valence-corrected chi connectivity index (χ1v) is 5.98. The molecule has 2 heteroatoms. The van der Waals surface area contributed by atoms with Crippen LogP contribution in [0.2, 0.25) is 0 Å². The average molecular weight is 217 g/mol. The van der Waals surface area contributed by atoms with Gasteiger partial charge in [-0.1, -0.05) is 24.3 Å². The summed E-state index contributed by atoms with van der Waals surface area (Å²) < 4.78 is 0. The Balaban J connectivity index is 2.18. The lowest BCUT2D eigenvalue weighted by atomic mass is 10.0. The molecule has 0 aliphatic carbocycles. The second kappa shape index (κ2) is 4.60. The van der Waals surface area contributed by atoms with E-state index in [4.69, 9.17) is 5.73 Å². The third-order valence-corrected chi connectivity index (χ3v) is 3.57. The van der Waals surface area contributed by atoms with Crippen molar-refractivity contribution in [1.82, 2.24) is 0 Å². The molecule has 0 aliphatic rings. The monoisotopic (exact) mass is 217 g/mol. The van der Waals surface area contributed by atoms with Gasteiger partial charge in [-0.15, -0.1) is 11.3 Å². The second-order valence-corrected chi connectivity index (χ2v) is 4.72. The summed E-state index contributed by atoms with van der Waals surface area (Å²) in [6.45, 7) is 2.81. The Hall–Kier alpha value is -1.12. The van der Waals surface area contributed by atoms with Crippen LogP contribution in [0.1, 0.15) is 21.6 Å². The number of hydrogen-bond donors (Lipinski definition) is 1. The lowest BCUT2D eigenvalue weighted by Gasteiger charge is -2.02. The van der Waals surface area contributed by atoms with E-state index in [-0.39, 0.29) is 0 Å². The molecule has 0 atom stereocenters. The molecule has 15 heavy (non-hydrogen) atoms. The maximum atomic E-state index is 5.60. The van der Waals surface area contributed by atoms with Crippen LogP contribution in [-0.4, -0.2) is 0 Å². The minimum Gasteiger partial charge on any atom is -0.326 e. The van der Waals surface area contributed by atoms with Gasteiger partial charge in [0, 0.05) is 11.4 Å². The van der Waals surface area contributed by atoms with Crippen molar-refractivity contribution in [3.05, 3.63) is 57.3 Å². The zero-order valence-corrected chi connectivity index (χ0v) is 9.68. The zero-order chi connectivity index (χ0) is 10.7. The highest BCUT2D eigenvalue weighted by Crippen LogP contribution is 2.19. The molecule has 1 aromatic carbocycles. The molecule has 0 unspecified atom stereocenters. The lowest BCUT2D eigenvalue weighted by molar-refractivity contribution is 1.09. The molecule has 2 N–H and O–H groups in total. The van der Waals surface area contributed by atoms with Crippen molar-refractivity contribution in [3.8, 4) is 0 Å². The quantitative estimate of drug-likeness (QED) is 0.840. The molecule has 0 spiro atoms. The average Bonchev–Trinajstić information content (AvgIpc) is 2.69. The molecule has 0 saturated heterocycles. The number of aryl methyl sites for hydroxylation is 1. The Labute approximate surface area is 94.6 Å². The zero-order valence-electron chi connectivity index (χ0n) is 8.86. The highest BCUT2D eigenvalue weighted by Gasteiger charge is 2.01. The molecule has 2 aromatic rings. The third-order valence-electron chi connectivity index (χ3n) is 2.57. The molecule has 78 valence electrons. The van der Waals surface area contributed by atoms with Gasteiger partial charge in [0.1, 0.15) is 0 Å². The van der Waals surface area contributed by atoms with Crippen molar-refractivity contribution < 1.29 is 0 Å². The number of hydrogen-bond acceptors (Lipinski definition) is 2. The number of rotatable bonds is 3. The first kappa shape index (κ1) is 10.4. The summed E-state index contributed by atoms with van der Waals surface area (Å²) in [4.78, 5) is 1.26. The van der Waals surface area contributed by atoms with Gasteiger partial charge in [0.15, 0.2) is 0 Å². The van der Waals surface area contributed by atoms with Crippen molar-refractivity contribution in [1.29, 1.82) is 0 Å². The highest BCUT2D eigenvalue weighted by molar-refractivity contribution is 7.10. The highest BCUT2D eigenvalue weighted by atomic mass is 32.1. The Morgan fingerprint density at radius 2 is 2.07 bits per heavy atom. The van der Waals surface area contributed by atoms with Gasteiger partial charge < -0.3 is 5.73 Å². The van der Waals surface area contributed by atoms with Crippen LogP contribution in [-0.2, 0) is 13.0 Å². The normalized spacial score (nSPS) is 10.5. The predicted octanol–water partition coefficient (Wildman–Crippen LogP) is 3.11. The largest absolute Gasteiger partial charge is 0.326 e. The maximum absolute atomic E-state index is 5.60. The first-order chi connectivity index (χ1) is 7.29. The van der Waals surface area contributed by atoms with E-state index in [1.165, 1.54) is 21.6 Å². The van der Waals surface area contributed by atoms with Gasteiger partial charge >= 0.3 is 0 Å². The fourth-order valence-corrected chi connectivity index (χ4v) is 2.42. The molecule has 0 aliphatic heterocycles. The van der Waals surface area contributed by atoms with Crippen LogP contribution in [0.25, 0.3) is 0 Å². The standard InChI is InChI=1S/C13H15NS/c1-10-4-2-3-5-12(10)6-11-7-13(8-14)15-9-11/h2-5,7,9H,6,8,14H2,1H3. The van der Waals surface area contributed by atoms with Gasteiger partial charge in [0.2, 0.25) is 0 Å². The maximum Gasteiger partial charge on any atom is 0.0273 e. The van der Waals surface area contributed by atoms with Crippen LogP contribution >= 0.6 is 11.3 Å². The number of benzene rings is 1. The van der Waals surface area contributed by atoms with E-state index < -0.39 is 0 Å². The molecule has 0 bridgehead atoms. The molecule has 0 saturated carbocycles. The van der Waals surface area contributed by atoms with E-state index in [1.807, 2.05) is 0 Å². The van der Waals surface area contributed by atoms with Gasteiger partial charge in [-0.25, -0.2) is 0 Å². The summed E-state index contributed by atoms with van der Waals surface area (Å²) in [6.07, 6.45) is 1.02. The van der Waals surface area contributed by atoms with Crippen LogP contribution in [0.15, 0.2) is 35.7 Å². The van der Waals surface area contributed by atoms with E-state index in [0.29, 0.717) is 6.54 Å². The van der Waals surface area contributed by atoms with Gasteiger partial charge in [0.25, 0.3) is 0 Å². The van der Waals surface area contributed by atoms with E-state index in [9.17, 15) is 0 Å². The van der Waals surface area contributed by atoms with Gasteiger partial charge in [0.05, 0.1) is 0 Å².